The first kappa shape index (κ1) is 20.9. The van der Waals surface area contributed by atoms with E-state index in [2.05, 4.69) is 5.32 Å². The Hall–Kier alpha value is -2.41. The van der Waals surface area contributed by atoms with Gasteiger partial charge in [-0.2, -0.15) is 0 Å². The standard InChI is InChI=1S/C20H28N2O5/c1-3-8-17(24)18(19(25)22-12-7-11-16(22)14(2)23)21-20(26)27-13-15-9-5-4-6-10-15/h4-6,9-10,16-18,24H,3,7-8,11-13H2,1-2H3,(H,21,26). The van der Waals surface area contributed by atoms with E-state index in [-0.39, 0.29) is 12.4 Å². The lowest BCUT2D eigenvalue weighted by molar-refractivity contribution is -0.141. The SMILES string of the molecule is CCCC(O)C(NC(=O)OCc1ccccc1)C(=O)N1CCCC1C(C)=O. The molecule has 3 unspecified atom stereocenters. The third-order valence-electron chi connectivity index (χ3n) is 4.73. The molecule has 0 aromatic heterocycles. The van der Waals surface area contributed by atoms with Gasteiger partial charge in [-0.3, -0.25) is 9.59 Å². The molecule has 0 saturated carbocycles. The number of ketones is 1. The average Bonchev–Trinajstić information content (AvgIpc) is 3.15. The number of aliphatic hydroxyl groups excluding tert-OH is 1. The van der Waals surface area contributed by atoms with Crippen molar-refractivity contribution in [2.24, 2.45) is 0 Å². The molecule has 27 heavy (non-hydrogen) atoms. The number of benzene rings is 1. The minimum atomic E-state index is -1.13. The Labute approximate surface area is 159 Å². The molecule has 1 fully saturated rings. The number of rotatable bonds is 8. The van der Waals surface area contributed by atoms with Crippen LogP contribution in [0.3, 0.4) is 0 Å². The van der Waals surface area contributed by atoms with Crippen LogP contribution in [0.4, 0.5) is 4.79 Å². The smallest absolute Gasteiger partial charge is 0.408 e. The Morgan fingerprint density at radius 3 is 2.63 bits per heavy atom. The van der Waals surface area contributed by atoms with Crippen LogP contribution in [0.2, 0.25) is 0 Å². The first-order valence-corrected chi connectivity index (χ1v) is 9.40. The van der Waals surface area contributed by atoms with Gasteiger partial charge in [0.2, 0.25) is 5.91 Å². The Morgan fingerprint density at radius 2 is 2.00 bits per heavy atom. The van der Waals surface area contributed by atoms with Crippen LogP contribution in [0, 0.1) is 0 Å². The molecule has 1 saturated heterocycles. The second-order valence-corrected chi connectivity index (χ2v) is 6.84. The van der Waals surface area contributed by atoms with E-state index in [1.54, 1.807) is 0 Å². The molecule has 148 valence electrons. The maximum atomic E-state index is 12.9. The van der Waals surface area contributed by atoms with Gasteiger partial charge in [-0.25, -0.2) is 4.79 Å². The van der Waals surface area contributed by atoms with Crippen LogP contribution in [-0.2, 0) is 20.9 Å². The monoisotopic (exact) mass is 376 g/mol. The van der Waals surface area contributed by atoms with Crippen LogP contribution in [0.15, 0.2) is 30.3 Å². The quantitative estimate of drug-likeness (QED) is 0.724. The summed E-state index contributed by atoms with van der Waals surface area (Å²) in [6, 6.07) is 7.56. The summed E-state index contributed by atoms with van der Waals surface area (Å²) in [5.74, 6) is -0.526. The highest BCUT2D eigenvalue weighted by Crippen LogP contribution is 2.20. The molecule has 2 N–H and O–H groups in total. The number of likely N-dealkylation sites (tertiary alicyclic amines) is 1. The molecule has 1 aliphatic rings. The number of alkyl carbamates (subject to hydrolysis) is 1. The number of ether oxygens (including phenoxy) is 1. The molecule has 0 spiro atoms. The summed E-state index contributed by atoms with van der Waals surface area (Å²) in [4.78, 5) is 38.4. The van der Waals surface area contributed by atoms with Crippen LogP contribution in [0.5, 0.6) is 0 Å². The van der Waals surface area contributed by atoms with Gasteiger partial charge in [0, 0.05) is 6.54 Å². The molecule has 0 aliphatic carbocycles. The van der Waals surface area contributed by atoms with Crippen molar-refractivity contribution in [2.45, 2.75) is 64.3 Å². The number of Topliss-reactive ketones (excluding diaryl/α,β-unsaturated/α-hetero) is 1. The zero-order valence-electron chi connectivity index (χ0n) is 15.9. The number of aliphatic hydroxyl groups is 1. The van der Waals surface area contributed by atoms with E-state index < -0.39 is 30.2 Å². The van der Waals surface area contributed by atoms with Crippen molar-refractivity contribution < 1.29 is 24.2 Å². The van der Waals surface area contributed by atoms with Crippen LogP contribution >= 0.6 is 0 Å². The Kier molecular flexibility index (Phi) is 7.79. The Balaban J connectivity index is 2.03. The molecule has 0 radical (unpaired) electrons. The predicted molar refractivity (Wildman–Crippen MR) is 99.9 cm³/mol. The van der Waals surface area contributed by atoms with E-state index in [0.29, 0.717) is 25.8 Å². The van der Waals surface area contributed by atoms with Gasteiger partial charge in [-0.05, 0) is 31.7 Å². The van der Waals surface area contributed by atoms with E-state index in [9.17, 15) is 19.5 Å². The zero-order chi connectivity index (χ0) is 19.8. The van der Waals surface area contributed by atoms with Gasteiger partial charge in [0.05, 0.1) is 12.1 Å². The number of hydrogen-bond acceptors (Lipinski definition) is 5. The van der Waals surface area contributed by atoms with Gasteiger partial charge >= 0.3 is 6.09 Å². The normalized spacial score (nSPS) is 18.6. The van der Waals surface area contributed by atoms with Gasteiger partial charge in [0.1, 0.15) is 12.6 Å². The highest BCUT2D eigenvalue weighted by Gasteiger charge is 2.38. The van der Waals surface area contributed by atoms with Gasteiger partial charge in [0.25, 0.3) is 0 Å². The third kappa shape index (κ3) is 5.79. The highest BCUT2D eigenvalue weighted by atomic mass is 16.5. The lowest BCUT2D eigenvalue weighted by atomic mass is 10.0. The first-order valence-electron chi connectivity index (χ1n) is 9.40. The van der Waals surface area contributed by atoms with Crippen molar-refractivity contribution in [2.75, 3.05) is 6.54 Å². The molecule has 1 aliphatic heterocycles. The summed E-state index contributed by atoms with van der Waals surface area (Å²) < 4.78 is 5.18. The maximum absolute atomic E-state index is 12.9. The van der Waals surface area contributed by atoms with Crippen molar-refractivity contribution >= 4 is 17.8 Å². The second-order valence-electron chi connectivity index (χ2n) is 6.84. The zero-order valence-corrected chi connectivity index (χ0v) is 15.9. The molecule has 1 heterocycles. The van der Waals surface area contributed by atoms with Gasteiger partial charge < -0.3 is 20.1 Å². The van der Waals surface area contributed by atoms with Gasteiger partial charge in [0.15, 0.2) is 5.78 Å². The first-order chi connectivity index (χ1) is 12.9. The van der Waals surface area contributed by atoms with Crippen molar-refractivity contribution in [1.29, 1.82) is 0 Å². The number of hydrogen-bond donors (Lipinski definition) is 2. The number of nitrogens with one attached hydrogen (secondary N) is 1. The van der Waals surface area contributed by atoms with Crippen LogP contribution in [-0.4, -0.2) is 52.5 Å². The lowest BCUT2D eigenvalue weighted by Crippen LogP contribution is -2.56. The largest absolute Gasteiger partial charge is 0.445 e. The summed E-state index contributed by atoms with van der Waals surface area (Å²) in [7, 11) is 0. The van der Waals surface area contributed by atoms with Crippen LogP contribution in [0.25, 0.3) is 0 Å². The highest BCUT2D eigenvalue weighted by molar-refractivity contribution is 5.92. The number of nitrogens with zero attached hydrogens (tertiary/aromatic N) is 1. The fourth-order valence-corrected chi connectivity index (χ4v) is 3.31. The number of carbonyl (C=O) groups excluding carboxylic acids is 3. The summed E-state index contributed by atoms with van der Waals surface area (Å²) in [5, 5.41) is 12.9. The molecule has 2 amide bonds. The van der Waals surface area contributed by atoms with Crippen molar-refractivity contribution in [3.8, 4) is 0 Å². The molecule has 7 heteroatoms. The molecule has 3 atom stereocenters. The van der Waals surface area contributed by atoms with E-state index in [0.717, 1.165) is 12.0 Å². The van der Waals surface area contributed by atoms with E-state index in [1.165, 1.54) is 11.8 Å². The van der Waals surface area contributed by atoms with Crippen molar-refractivity contribution in [1.82, 2.24) is 10.2 Å². The summed E-state index contributed by atoms with van der Waals surface area (Å²) in [6.07, 6.45) is 0.530. The third-order valence-corrected chi connectivity index (χ3v) is 4.73. The van der Waals surface area contributed by atoms with Crippen LogP contribution in [0.1, 0.15) is 45.1 Å². The molecule has 7 nitrogen and oxygen atoms in total. The summed E-state index contributed by atoms with van der Waals surface area (Å²) >= 11 is 0. The molecular formula is C20H28N2O5. The van der Waals surface area contributed by atoms with Gasteiger partial charge in [-0.1, -0.05) is 43.7 Å². The lowest BCUT2D eigenvalue weighted by Gasteiger charge is -2.30. The molecule has 0 bridgehead atoms. The minimum Gasteiger partial charge on any atom is -0.445 e. The minimum absolute atomic E-state index is 0.0667. The fraction of sp³-hybridized carbons (Fsp3) is 0.550. The van der Waals surface area contributed by atoms with Crippen LogP contribution < -0.4 is 5.32 Å². The summed E-state index contributed by atoms with van der Waals surface area (Å²) in [5.41, 5.74) is 0.820. The molecule has 1 aromatic rings. The average molecular weight is 376 g/mol. The molecular weight excluding hydrogens is 348 g/mol. The van der Waals surface area contributed by atoms with E-state index in [4.69, 9.17) is 4.74 Å². The number of carbonyl (C=O) groups is 3. The van der Waals surface area contributed by atoms with E-state index in [1.807, 2.05) is 37.3 Å². The maximum Gasteiger partial charge on any atom is 0.408 e. The second kappa shape index (κ2) is 10.1. The molecule has 2 rings (SSSR count). The topological polar surface area (TPSA) is 95.9 Å². The van der Waals surface area contributed by atoms with E-state index >= 15 is 0 Å². The summed E-state index contributed by atoms with van der Waals surface area (Å²) in [6.45, 7) is 3.85. The molecule has 1 aromatic carbocycles. The number of amides is 2. The predicted octanol–water partition coefficient (Wildman–Crippen LogP) is 2.02. The Bertz CT molecular complexity index is 649. The van der Waals surface area contributed by atoms with Crippen molar-refractivity contribution in [3.05, 3.63) is 35.9 Å². The fourth-order valence-electron chi connectivity index (χ4n) is 3.31. The Morgan fingerprint density at radius 1 is 1.30 bits per heavy atom. The van der Waals surface area contributed by atoms with Crippen molar-refractivity contribution in [3.63, 3.8) is 0 Å². The van der Waals surface area contributed by atoms with Gasteiger partial charge in [-0.15, -0.1) is 0 Å².